The second-order valence-corrected chi connectivity index (χ2v) is 8.56. The van der Waals surface area contributed by atoms with Crippen molar-refractivity contribution in [1.82, 2.24) is 9.62 Å². The van der Waals surface area contributed by atoms with E-state index in [-0.39, 0.29) is 22.3 Å². The second-order valence-electron chi connectivity index (χ2n) is 5.49. The van der Waals surface area contributed by atoms with Crippen LogP contribution in [0.15, 0.2) is 38.3 Å². The van der Waals surface area contributed by atoms with Crippen LogP contribution in [0.5, 0.6) is 0 Å². The minimum absolute atomic E-state index is 0.00446. The van der Waals surface area contributed by atoms with Crippen LogP contribution in [0.4, 0.5) is 0 Å². The van der Waals surface area contributed by atoms with Gasteiger partial charge in [0.25, 0.3) is 10.0 Å². The number of aromatic carboxylic acids is 1. The molecule has 0 bridgehead atoms. The first-order chi connectivity index (χ1) is 11.9. The molecule has 0 aromatic carbocycles. The molecule has 0 radical (unpaired) electrons. The van der Waals surface area contributed by atoms with Gasteiger partial charge in [-0.15, -0.1) is 11.3 Å². The number of amides is 1. The quantitative estimate of drug-likeness (QED) is 0.780. The van der Waals surface area contributed by atoms with Crippen molar-refractivity contribution >= 4 is 33.2 Å². The molecule has 25 heavy (non-hydrogen) atoms. The van der Waals surface area contributed by atoms with Crippen LogP contribution in [0.25, 0.3) is 0 Å². The van der Waals surface area contributed by atoms with Crippen LogP contribution < -0.4 is 5.32 Å². The molecule has 1 saturated heterocycles. The van der Waals surface area contributed by atoms with Gasteiger partial charge in [0.1, 0.15) is 16.0 Å². The number of carbonyl (C=O) groups excluding carboxylic acids is 1. The number of thiophene rings is 1. The summed E-state index contributed by atoms with van der Waals surface area (Å²) in [5, 5.41) is 13.1. The Hall–Kier alpha value is -2.17. The van der Waals surface area contributed by atoms with Gasteiger partial charge in [-0.1, -0.05) is 6.07 Å². The second kappa shape index (κ2) is 6.98. The van der Waals surface area contributed by atoms with Crippen molar-refractivity contribution < 1.29 is 27.5 Å². The molecule has 3 rings (SSSR count). The summed E-state index contributed by atoms with van der Waals surface area (Å²) in [5.41, 5.74) is 0. The zero-order chi connectivity index (χ0) is 18.0. The van der Waals surface area contributed by atoms with E-state index in [0.717, 1.165) is 11.3 Å². The van der Waals surface area contributed by atoms with Gasteiger partial charge in [-0.05, 0) is 36.4 Å². The Bertz CT molecular complexity index is 872. The maximum atomic E-state index is 12.6. The number of furan rings is 1. The fourth-order valence-corrected chi connectivity index (χ4v) is 5.47. The summed E-state index contributed by atoms with van der Waals surface area (Å²) in [7, 11) is -3.69. The topological polar surface area (TPSA) is 117 Å². The molecule has 3 heterocycles. The molecule has 134 valence electrons. The molecule has 10 heteroatoms. The molecule has 1 amide bonds. The van der Waals surface area contributed by atoms with E-state index < -0.39 is 27.9 Å². The molecule has 1 unspecified atom stereocenters. The van der Waals surface area contributed by atoms with E-state index in [4.69, 9.17) is 9.52 Å². The van der Waals surface area contributed by atoms with E-state index in [2.05, 4.69) is 5.32 Å². The van der Waals surface area contributed by atoms with Gasteiger partial charge in [0.15, 0.2) is 0 Å². The van der Waals surface area contributed by atoms with Crippen molar-refractivity contribution in [2.75, 3.05) is 6.54 Å². The summed E-state index contributed by atoms with van der Waals surface area (Å²) in [6.45, 7) is 0.289. The molecule has 0 aliphatic carbocycles. The van der Waals surface area contributed by atoms with Gasteiger partial charge in [0.2, 0.25) is 11.7 Å². The van der Waals surface area contributed by atoms with Gasteiger partial charge >= 0.3 is 5.97 Å². The normalized spacial score (nSPS) is 18.3. The highest BCUT2D eigenvalue weighted by molar-refractivity contribution is 7.91. The third-order valence-corrected chi connectivity index (χ3v) is 7.15. The summed E-state index contributed by atoms with van der Waals surface area (Å²) >= 11 is 1.11. The molecule has 0 saturated carbocycles. The number of carboxylic acid groups (broad SMARTS) is 1. The largest absolute Gasteiger partial charge is 0.475 e. The van der Waals surface area contributed by atoms with Crippen molar-refractivity contribution in [2.24, 2.45) is 0 Å². The zero-order valence-corrected chi connectivity index (χ0v) is 14.7. The van der Waals surface area contributed by atoms with E-state index in [1.807, 2.05) is 0 Å². The first-order valence-corrected chi connectivity index (χ1v) is 9.86. The summed E-state index contributed by atoms with van der Waals surface area (Å²) in [6.07, 6.45) is 1.04. The van der Waals surface area contributed by atoms with Crippen LogP contribution in [-0.2, 0) is 21.4 Å². The van der Waals surface area contributed by atoms with Crippen LogP contribution in [0.3, 0.4) is 0 Å². The average molecular weight is 384 g/mol. The maximum absolute atomic E-state index is 12.6. The molecular weight excluding hydrogens is 368 g/mol. The number of sulfonamides is 1. The van der Waals surface area contributed by atoms with E-state index in [0.29, 0.717) is 19.4 Å². The third-order valence-electron chi connectivity index (χ3n) is 3.87. The Morgan fingerprint density at radius 3 is 2.80 bits per heavy atom. The highest BCUT2D eigenvalue weighted by Crippen LogP contribution is 2.28. The Kier molecular flexibility index (Phi) is 4.93. The first kappa shape index (κ1) is 17.6. The molecule has 1 fully saturated rings. The summed E-state index contributed by atoms with van der Waals surface area (Å²) < 4.78 is 31.8. The number of rotatable bonds is 6. The van der Waals surface area contributed by atoms with E-state index in [9.17, 15) is 18.0 Å². The predicted octanol–water partition coefficient (Wildman–Crippen LogP) is 1.51. The zero-order valence-electron chi connectivity index (χ0n) is 13.0. The van der Waals surface area contributed by atoms with Gasteiger partial charge in [-0.25, -0.2) is 13.2 Å². The van der Waals surface area contributed by atoms with E-state index >= 15 is 0 Å². The molecule has 2 aromatic heterocycles. The van der Waals surface area contributed by atoms with Crippen LogP contribution in [0.1, 0.15) is 29.2 Å². The van der Waals surface area contributed by atoms with Crippen molar-refractivity contribution in [3.63, 3.8) is 0 Å². The number of nitrogens with one attached hydrogen (secondary N) is 1. The molecule has 2 N–H and O–H groups in total. The lowest BCUT2D eigenvalue weighted by atomic mass is 10.2. The lowest BCUT2D eigenvalue weighted by Crippen LogP contribution is -2.45. The van der Waals surface area contributed by atoms with Gasteiger partial charge in [0, 0.05) is 6.54 Å². The lowest BCUT2D eigenvalue weighted by Gasteiger charge is -2.22. The minimum Gasteiger partial charge on any atom is -0.475 e. The van der Waals surface area contributed by atoms with Gasteiger partial charge < -0.3 is 14.8 Å². The summed E-state index contributed by atoms with van der Waals surface area (Å²) in [5.74, 6) is -1.55. The molecular formula is C15H16N2O6S2. The SMILES string of the molecule is O=C(O)c1ccc(CNC(=O)C2CCCN2S(=O)(=O)c2cccs2)o1. The lowest BCUT2D eigenvalue weighted by molar-refractivity contribution is -0.124. The first-order valence-electron chi connectivity index (χ1n) is 7.54. The molecule has 2 aromatic rings. The summed E-state index contributed by atoms with van der Waals surface area (Å²) in [6, 6.07) is 5.15. The number of carboxylic acids is 1. The number of nitrogens with zero attached hydrogens (tertiary/aromatic N) is 1. The van der Waals surface area contributed by atoms with Crippen LogP contribution in [-0.4, -0.2) is 42.3 Å². The van der Waals surface area contributed by atoms with Crippen molar-refractivity contribution in [1.29, 1.82) is 0 Å². The Morgan fingerprint density at radius 2 is 2.16 bits per heavy atom. The average Bonchev–Trinajstić information content (AvgIpc) is 3.33. The molecule has 0 spiro atoms. The smallest absolute Gasteiger partial charge is 0.371 e. The maximum Gasteiger partial charge on any atom is 0.371 e. The number of hydrogen-bond donors (Lipinski definition) is 2. The number of carbonyl (C=O) groups is 2. The van der Waals surface area contributed by atoms with E-state index in [1.54, 1.807) is 11.4 Å². The van der Waals surface area contributed by atoms with Crippen molar-refractivity contribution in [3.8, 4) is 0 Å². The highest BCUT2D eigenvalue weighted by Gasteiger charge is 2.39. The van der Waals surface area contributed by atoms with Gasteiger partial charge in [-0.2, -0.15) is 4.31 Å². The Morgan fingerprint density at radius 1 is 1.36 bits per heavy atom. The minimum atomic E-state index is -3.69. The Balaban J connectivity index is 1.67. The monoisotopic (exact) mass is 384 g/mol. The molecule has 8 nitrogen and oxygen atoms in total. The number of hydrogen-bond acceptors (Lipinski definition) is 6. The van der Waals surface area contributed by atoms with Crippen LogP contribution in [0, 0.1) is 0 Å². The van der Waals surface area contributed by atoms with Crippen LogP contribution >= 0.6 is 11.3 Å². The van der Waals surface area contributed by atoms with E-state index in [1.165, 1.54) is 22.5 Å². The van der Waals surface area contributed by atoms with Crippen LogP contribution in [0.2, 0.25) is 0 Å². The molecule has 1 aliphatic rings. The highest BCUT2D eigenvalue weighted by atomic mass is 32.2. The predicted molar refractivity (Wildman–Crippen MR) is 88.7 cm³/mol. The third kappa shape index (κ3) is 3.60. The van der Waals surface area contributed by atoms with Crippen molar-refractivity contribution in [2.45, 2.75) is 29.6 Å². The fraction of sp³-hybridized carbons (Fsp3) is 0.333. The molecule has 1 atom stereocenters. The van der Waals surface area contributed by atoms with Gasteiger partial charge in [-0.3, -0.25) is 4.79 Å². The molecule has 1 aliphatic heterocycles. The van der Waals surface area contributed by atoms with Gasteiger partial charge in [0.05, 0.1) is 6.54 Å². The Labute approximate surface area is 148 Å². The fourth-order valence-electron chi connectivity index (χ4n) is 2.70. The standard InChI is InChI=1S/C15H16N2O6S2/c18-14(16-9-10-5-6-12(23-10)15(19)20)11-3-1-7-17(11)25(21,22)13-4-2-8-24-13/h2,4-6,8,11H,1,3,7,9H2,(H,16,18)(H,19,20). The van der Waals surface area contributed by atoms with Crippen molar-refractivity contribution in [3.05, 3.63) is 41.2 Å². The summed E-state index contributed by atoms with van der Waals surface area (Å²) in [4.78, 5) is 23.2.